The van der Waals surface area contributed by atoms with E-state index in [1.807, 2.05) is 31.2 Å². The van der Waals surface area contributed by atoms with E-state index in [-0.39, 0.29) is 19.1 Å². The normalized spacial score (nSPS) is 15.9. The highest BCUT2D eigenvalue weighted by Gasteiger charge is 2.29. The molecule has 10 heteroatoms. The molecule has 4 N–H and O–H groups in total. The molecule has 1 aliphatic rings. The highest BCUT2D eigenvalue weighted by molar-refractivity contribution is 6.31. The zero-order valence-electron chi connectivity index (χ0n) is 16.4. The summed E-state index contributed by atoms with van der Waals surface area (Å²) in [4.78, 5) is 14.1. The van der Waals surface area contributed by atoms with Crippen LogP contribution in [0.1, 0.15) is 22.9 Å². The minimum absolute atomic E-state index is 0.0558. The predicted molar refractivity (Wildman–Crippen MR) is 117 cm³/mol. The van der Waals surface area contributed by atoms with Gasteiger partial charge in [0.05, 0.1) is 12.6 Å². The maximum absolute atomic E-state index is 10.0. The Kier molecular flexibility index (Phi) is 7.49. The van der Waals surface area contributed by atoms with Crippen molar-refractivity contribution in [1.82, 2.24) is 20.1 Å². The highest BCUT2D eigenvalue weighted by Crippen LogP contribution is 2.35. The van der Waals surface area contributed by atoms with Crippen molar-refractivity contribution in [2.45, 2.75) is 19.4 Å². The second-order valence-electron chi connectivity index (χ2n) is 6.93. The molecule has 8 nitrogen and oxygen atoms in total. The van der Waals surface area contributed by atoms with Crippen LogP contribution in [-0.4, -0.2) is 63.0 Å². The third-order valence-corrected chi connectivity index (χ3v) is 5.74. The molecule has 30 heavy (non-hydrogen) atoms. The van der Waals surface area contributed by atoms with Crippen LogP contribution in [0.3, 0.4) is 0 Å². The summed E-state index contributed by atoms with van der Waals surface area (Å²) in [7, 11) is 0. The number of nitrogens with zero attached hydrogens (tertiary/aromatic N) is 3. The molecule has 0 amide bonds. The van der Waals surface area contributed by atoms with Crippen molar-refractivity contribution < 1.29 is 15.0 Å². The Morgan fingerprint density at radius 3 is 2.80 bits per heavy atom. The largest absolute Gasteiger partial charge is 0.483 e. The van der Waals surface area contributed by atoms with Crippen molar-refractivity contribution in [3.8, 4) is 0 Å². The molecular weight excluding hydrogens is 429 g/mol. The van der Waals surface area contributed by atoms with Gasteiger partial charge in [0.2, 0.25) is 0 Å². The number of benzene rings is 1. The number of carboxylic acid groups (broad SMARTS) is 1. The summed E-state index contributed by atoms with van der Waals surface area (Å²) in [5, 5.41) is 30.5. The summed E-state index contributed by atoms with van der Waals surface area (Å²) in [6.07, 6.45) is 0.923. The van der Waals surface area contributed by atoms with Crippen LogP contribution in [0.4, 0.5) is 5.82 Å². The van der Waals surface area contributed by atoms with Crippen molar-refractivity contribution in [1.29, 1.82) is 0 Å². The molecule has 0 radical (unpaired) electrons. The fourth-order valence-corrected chi connectivity index (χ4v) is 4.01. The maximum Gasteiger partial charge on any atom is 0.290 e. The molecular formula is C20H23Cl2N5O3. The zero-order valence-corrected chi connectivity index (χ0v) is 17.9. The summed E-state index contributed by atoms with van der Waals surface area (Å²) in [6.45, 7) is 4.08. The second-order valence-corrected chi connectivity index (χ2v) is 7.72. The first kappa shape index (κ1) is 22.3. The molecule has 4 rings (SSSR count). The Balaban J connectivity index is 0.000000806. The monoisotopic (exact) mass is 451 g/mol. The summed E-state index contributed by atoms with van der Waals surface area (Å²) in [5.74, 6) is 0.704. The van der Waals surface area contributed by atoms with Crippen molar-refractivity contribution >= 4 is 46.4 Å². The number of aromatic amines is 1. The molecule has 0 saturated heterocycles. The van der Waals surface area contributed by atoms with Crippen LogP contribution in [0.5, 0.6) is 0 Å². The third kappa shape index (κ3) is 4.84. The minimum Gasteiger partial charge on any atom is -0.483 e. The topological polar surface area (TPSA) is 114 Å². The van der Waals surface area contributed by atoms with E-state index < -0.39 is 0 Å². The third-order valence-electron chi connectivity index (χ3n) is 5.13. The second kappa shape index (κ2) is 10.1. The number of hydrogen-bond donors (Lipinski definition) is 4. The number of rotatable bonds is 5. The SMILES string of the molecule is Cc1cc(NCCN2CCc3c([nH]c4ccc(Cl)cc34)C2CO)nnc1Cl.O=CO. The lowest BCUT2D eigenvalue weighted by Crippen LogP contribution is -2.40. The number of halogens is 2. The molecule has 160 valence electrons. The van der Waals surface area contributed by atoms with Crippen LogP contribution in [0.15, 0.2) is 24.3 Å². The Hall–Kier alpha value is -2.39. The van der Waals surface area contributed by atoms with Gasteiger partial charge in [-0.1, -0.05) is 23.2 Å². The van der Waals surface area contributed by atoms with Gasteiger partial charge < -0.3 is 20.5 Å². The van der Waals surface area contributed by atoms with Crippen molar-refractivity contribution in [3.63, 3.8) is 0 Å². The molecule has 1 aromatic carbocycles. The number of fused-ring (bicyclic) bond motifs is 3. The first-order valence-corrected chi connectivity index (χ1v) is 10.2. The molecule has 1 atom stereocenters. The first-order valence-electron chi connectivity index (χ1n) is 9.45. The summed E-state index contributed by atoms with van der Waals surface area (Å²) >= 11 is 12.1. The van der Waals surface area contributed by atoms with E-state index in [0.29, 0.717) is 17.5 Å². The van der Waals surface area contributed by atoms with Crippen molar-refractivity contribution in [3.05, 3.63) is 51.3 Å². The molecule has 2 aromatic heterocycles. The maximum atomic E-state index is 10.0. The lowest BCUT2D eigenvalue weighted by Gasteiger charge is -2.34. The van der Waals surface area contributed by atoms with E-state index in [0.717, 1.165) is 46.7 Å². The number of H-pyrrole nitrogens is 1. The van der Waals surface area contributed by atoms with Gasteiger partial charge in [0.25, 0.3) is 6.47 Å². The molecule has 1 aliphatic heterocycles. The Labute approximate surface area is 183 Å². The predicted octanol–water partition coefficient (Wildman–Crippen LogP) is 3.28. The van der Waals surface area contributed by atoms with Gasteiger partial charge in [-0.05, 0) is 48.7 Å². The van der Waals surface area contributed by atoms with E-state index in [9.17, 15) is 5.11 Å². The molecule has 0 fully saturated rings. The standard InChI is InChI=1S/C19H21Cl2N5O.CH2O2/c1-11-8-17(24-25-19(11)21)22-5-7-26-6-4-13-14-9-12(20)2-3-15(14)23-18(13)16(26)10-27;2-1-3/h2-3,8-9,16,23,27H,4-7,10H2,1H3,(H,22,24);1H,(H,2,3). The van der Waals surface area contributed by atoms with Crippen molar-refractivity contribution in [2.24, 2.45) is 0 Å². The van der Waals surface area contributed by atoms with Gasteiger partial charge in [0.15, 0.2) is 5.15 Å². The molecule has 1 unspecified atom stereocenters. The van der Waals surface area contributed by atoms with E-state index in [4.69, 9.17) is 33.1 Å². The number of anilines is 1. The van der Waals surface area contributed by atoms with Crippen LogP contribution in [0.2, 0.25) is 10.2 Å². The number of aromatic nitrogens is 3. The van der Waals surface area contributed by atoms with E-state index in [2.05, 4.69) is 25.4 Å². The molecule has 0 spiro atoms. The van der Waals surface area contributed by atoms with E-state index >= 15 is 0 Å². The number of hydrogen-bond acceptors (Lipinski definition) is 6. The van der Waals surface area contributed by atoms with Gasteiger partial charge in [-0.25, -0.2) is 0 Å². The number of aliphatic hydroxyl groups excluding tert-OH is 1. The number of aliphatic hydroxyl groups is 1. The summed E-state index contributed by atoms with van der Waals surface area (Å²) in [5.41, 5.74) is 4.30. The van der Waals surface area contributed by atoms with Gasteiger partial charge in [0, 0.05) is 41.3 Å². The fraction of sp³-hybridized carbons (Fsp3) is 0.350. The van der Waals surface area contributed by atoms with Gasteiger partial charge in [-0.2, -0.15) is 0 Å². The van der Waals surface area contributed by atoms with Gasteiger partial charge in [-0.15, -0.1) is 10.2 Å². The summed E-state index contributed by atoms with van der Waals surface area (Å²) in [6, 6.07) is 7.71. The Bertz CT molecular complexity index is 1030. The number of nitrogens with one attached hydrogen (secondary N) is 2. The van der Waals surface area contributed by atoms with Crippen LogP contribution in [0, 0.1) is 6.92 Å². The number of carbonyl (C=O) groups is 1. The van der Waals surface area contributed by atoms with Crippen LogP contribution in [-0.2, 0) is 11.2 Å². The smallest absolute Gasteiger partial charge is 0.290 e. The quantitative estimate of drug-likeness (QED) is 0.440. The fourth-order valence-electron chi connectivity index (χ4n) is 3.75. The summed E-state index contributed by atoms with van der Waals surface area (Å²) < 4.78 is 0. The molecule has 0 bridgehead atoms. The van der Waals surface area contributed by atoms with Crippen LogP contribution in [0.25, 0.3) is 10.9 Å². The van der Waals surface area contributed by atoms with E-state index in [1.54, 1.807) is 0 Å². The minimum atomic E-state index is -0.250. The van der Waals surface area contributed by atoms with Gasteiger partial charge in [-0.3, -0.25) is 9.69 Å². The first-order chi connectivity index (χ1) is 14.5. The van der Waals surface area contributed by atoms with Crippen LogP contribution < -0.4 is 5.32 Å². The Morgan fingerprint density at radius 1 is 1.33 bits per heavy atom. The van der Waals surface area contributed by atoms with Gasteiger partial charge >= 0.3 is 0 Å². The molecule has 0 saturated carbocycles. The highest BCUT2D eigenvalue weighted by atomic mass is 35.5. The van der Waals surface area contributed by atoms with Crippen molar-refractivity contribution in [2.75, 3.05) is 31.6 Å². The Morgan fingerprint density at radius 2 is 2.10 bits per heavy atom. The molecule has 0 aliphatic carbocycles. The van der Waals surface area contributed by atoms with Crippen LogP contribution >= 0.6 is 23.2 Å². The lowest BCUT2D eigenvalue weighted by molar-refractivity contribution is -0.122. The number of aryl methyl sites for hydroxylation is 1. The molecule has 3 aromatic rings. The zero-order chi connectivity index (χ0) is 21.7. The lowest BCUT2D eigenvalue weighted by atomic mass is 9.97. The average Bonchev–Trinajstić information content (AvgIpc) is 3.09. The average molecular weight is 452 g/mol. The van der Waals surface area contributed by atoms with E-state index in [1.165, 1.54) is 5.56 Å². The van der Waals surface area contributed by atoms with Gasteiger partial charge in [0.1, 0.15) is 5.82 Å². The molecule has 3 heterocycles.